The molecule has 1 unspecified atom stereocenters. The van der Waals surface area contributed by atoms with Crippen molar-refractivity contribution >= 4 is 28.6 Å². The number of carbonyl (C=O) groups excluding carboxylic acids is 1. The Morgan fingerprint density at radius 1 is 1.35 bits per heavy atom. The molecule has 0 aliphatic heterocycles. The molecular formula is C15H19N3OS. The van der Waals surface area contributed by atoms with Crippen molar-refractivity contribution in [2.24, 2.45) is 0 Å². The van der Waals surface area contributed by atoms with Crippen LogP contribution < -0.4 is 10.6 Å². The lowest BCUT2D eigenvalue weighted by Crippen LogP contribution is -2.09. The summed E-state index contributed by atoms with van der Waals surface area (Å²) in [5.74, 6) is -0.0587. The summed E-state index contributed by atoms with van der Waals surface area (Å²) < 4.78 is 0. The SMILES string of the molecule is CC(=O)Nc1cc(NC(C)c2scnc2C)ccc1C. The van der Waals surface area contributed by atoms with Gasteiger partial charge in [-0.15, -0.1) is 11.3 Å². The second kappa shape index (κ2) is 6.05. The zero-order valence-corrected chi connectivity index (χ0v) is 13.0. The van der Waals surface area contributed by atoms with E-state index in [1.807, 2.05) is 37.6 Å². The second-order valence-corrected chi connectivity index (χ2v) is 5.77. The largest absolute Gasteiger partial charge is 0.378 e. The van der Waals surface area contributed by atoms with Gasteiger partial charge in [0.1, 0.15) is 0 Å². The van der Waals surface area contributed by atoms with E-state index in [1.165, 1.54) is 11.8 Å². The van der Waals surface area contributed by atoms with Gasteiger partial charge in [0.15, 0.2) is 0 Å². The van der Waals surface area contributed by atoms with Gasteiger partial charge < -0.3 is 10.6 Å². The molecule has 1 aromatic carbocycles. The van der Waals surface area contributed by atoms with E-state index in [0.29, 0.717) is 0 Å². The van der Waals surface area contributed by atoms with Gasteiger partial charge in [-0.1, -0.05) is 6.07 Å². The Hall–Kier alpha value is -1.88. The monoisotopic (exact) mass is 289 g/mol. The molecule has 2 aromatic rings. The summed E-state index contributed by atoms with van der Waals surface area (Å²) in [7, 11) is 0. The number of rotatable bonds is 4. The summed E-state index contributed by atoms with van der Waals surface area (Å²) in [5.41, 5.74) is 5.80. The predicted octanol–water partition coefficient (Wildman–Crippen LogP) is 3.89. The summed E-state index contributed by atoms with van der Waals surface area (Å²) in [5, 5.41) is 6.29. The standard InChI is InChI=1S/C15H19N3OS/c1-9-5-6-13(7-14(9)18-12(4)19)17-11(3)15-10(2)16-8-20-15/h5-8,11,17H,1-4H3,(H,18,19). The molecule has 2 rings (SSSR count). The molecule has 106 valence electrons. The van der Waals surface area contributed by atoms with Crippen LogP contribution in [-0.4, -0.2) is 10.9 Å². The lowest BCUT2D eigenvalue weighted by Gasteiger charge is -2.16. The van der Waals surface area contributed by atoms with Crippen LogP contribution in [0.3, 0.4) is 0 Å². The van der Waals surface area contributed by atoms with Crippen molar-refractivity contribution in [2.45, 2.75) is 33.7 Å². The third-order valence-electron chi connectivity index (χ3n) is 3.11. The molecule has 0 bridgehead atoms. The van der Waals surface area contributed by atoms with E-state index in [4.69, 9.17) is 0 Å². The first-order valence-electron chi connectivity index (χ1n) is 6.52. The normalized spacial score (nSPS) is 12.0. The maximum absolute atomic E-state index is 11.2. The molecule has 0 aliphatic rings. The van der Waals surface area contributed by atoms with E-state index in [9.17, 15) is 4.79 Å². The molecule has 0 saturated carbocycles. The van der Waals surface area contributed by atoms with Gasteiger partial charge in [0, 0.05) is 23.2 Å². The summed E-state index contributed by atoms with van der Waals surface area (Å²) in [4.78, 5) is 16.7. The fourth-order valence-corrected chi connectivity index (χ4v) is 2.89. The summed E-state index contributed by atoms with van der Waals surface area (Å²) >= 11 is 1.65. The number of hydrogen-bond acceptors (Lipinski definition) is 4. The minimum Gasteiger partial charge on any atom is -0.378 e. The molecule has 20 heavy (non-hydrogen) atoms. The van der Waals surface area contributed by atoms with Gasteiger partial charge >= 0.3 is 0 Å². The molecule has 0 fully saturated rings. The molecule has 1 atom stereocenters. The molecule has 1 aromatic heterocycles. The lowest BCUT2D eigenvalue weighted by atomic mass is 10.1. The first-order chi connectivity index (χ1) is 9.47. The highest BCUT2D eigenvalue weighted by molar-refractivity contribution is 7.09. The number of hydrogen-bond donors (Lipinski definition) is 2. The molecule has 0 aliphatic carbocycles. The van der Waals surface area contributed by atoms with E-state index in [-0.39, 0.29) is 11.9 Å². The van der Waals surface area contributed by atoms with Crippen LogP contribution >= 0.6 is 11.3 Å². The van der Waals surface area contributed by atoms with E-state index in [0.717, 1.165) is 22.6 Å². The van der Waals surface area contributed by atoms with Gasteiger partial charge in [-0.25, -0.2) is 4.98 Å². The van der Waals surface area contributed by atoms with Crippen molar-refractivity contribution in [1.82, 2.24) is 4.98 Å². The Bertz CT molecular complexity index is 621. The number of aromatic nitrogens is 1. The molecule has 0 spiro atoms. The second-order valence-electron chi connectivity index (χ2n) is 4.88. The Morgan fingerprint density at radius 2 is 2.10 bits per heavy atom. The summed E-state index contributed by atoms with van der Waals surface area (Å²) in [6, 6.07) is 6.17. The van der Waals surface area contributed by atoms with Crippen LogP contribution in [0.2, 0.25) is 0 Å². The van der Waals surface area contributed by atoms with Gasteiger partial charge in [-0.2, -0.15) is 0 Å². The first kappa shape index (κ1) is 14.5. The highest BCUT2D eigenvalue weighted by atomic mass is 32.1. The van der Waals surface area contributed by atoms with Crippen LogP contribution in [-0.2, 0) is 4.79 Å². The molecule has 4 nitrogen and oxygen atoms in total. The first-order valence-corrected chi connectivity index (χ1v) is 7.40. The van der Waals surface area contributed by atoms with E-state index in [1.54, 1.807) is 11.3 Å². The smallest absolute Gasteiger partial charge is 0.221 e. The third kappa shape index (κ3) is 3.36. The molecule has 0 saturated heterocycles. The number of nitrogens with zero attached hydrogens (tertiary/aromatic N) is 1. The van der Waals surface area contributed by atoms with E-state index in [2.05, 4.69) is 22.5 Å². The predicted molar refractivity (Wildman–Crippen MR) is 84.4 cm³/mol. The van der Waals surface area contributed by atoms with Crippen molar-refractivity contribution in [3.63, 3.8) is 0 Å². The highest BCUT2D eigenvalue weighted by Crippen LogP contribution is 2.27. The molecule has 0 radical (unpaired) electrons. The molecular weight excluding hydrogens is 270 g/mol. The van der Waals surface area contributed by atoms with Gasteiger partial charge in [0.25, 0.3) is 0 Å². The van der Waals surface area contributed by atoms with Gasteiger partial charge in [0.05, 0.1) is 17.2 Å². The quantitative estimate of drug-likeness (QED) is 0.897. The van der Waals surface area contributed by atoms with Gasteiger partial charge in [0.2, 0.25) is 5.91 Å². The number of benzene rings is 1. The topological polar surface area (TPSA) is 54.0 Å². The third-order valence-corrected chi connectivity index (χ3v) is 4.22. The van der Waals surface area contributed by atoms with Gasteiger partial charge in [-0.3, -0.25) is 4.79 Å². The summed E-state index contributed by atoms with van der Waals surface area (Å²) in [6.45, 7) is 7.62. The van der Waals surface area contributed by atoms with Crippen molar-refractivity contribution in [3.8, 4) is 0 Å². The highest BCUT2D eigenvalue weighted by Gasteiger charge is 2.11. The molecule has 5 heteroatoms. The van der Waals surface area contributed by atoms with Crippen LogP contribution in [0.25, 0.3) is 0 Å². The molecule has 1 amide bonds. The lowest BCUT2D eigenvalue weighted by molar-refractivity contribution is -0.114. The molecule has 1 heterocycles. The number of aryl methyl sites for hydroxylation is 2. The van der Waals surface area contributed by atoms with E-state index < -0.39 is 0 Å². The van der Waals surface area contributed by atoms with Gasteiger partial charge in [-0.05, 0) is 38.5 Å². The van der Waals surface area contributed by atoms with Crippen molar-refractivity contribution in [2.75, 3.05) is 10.6 Å². The maximum Gasteiger partial charge on any atom is 0.221 e. The van der Waals surface area contributed by atoms with Crippen LogP contribution in [0.1, 0.15) is 36.0 Å². The van der Waals surface area contributed by atoms with Crippen LogP contribution in [0.15, 0.2) is 23.7 Å². The van der Waals surface area contributed by atoms with Crippen molar-refractivity contribution in [3.05, 3.63) is 39.8 Å². The van der Waals surface area contributed by atoms with E-state index >= 15 is 0 Å². The molecule has 2 N–H and O–H groups in total. The number of carbonyl (C=O) groups is 1. The van der Waals surface area contributed by atoms with Crippen molar-refractivity contribution < 1.29 is 4.79 Å². The minimum absolute atomic E-state index is 0.0587. The summed E-state index contributed by atoms with van der Waals surface area (Å²) in [6.07, 6.45) is 0. The number of amides is 1. The fraction of sp³-hybridized carbons (Fsp3) is 0.333. The average Bonchev–Trinajstić information content (AvgIpc) is 2.79. The van der Waals surface area contributed by atoms with Crippen molar-refractivity contribution in [1.29, 1.82) is 0 Å². The fourth-order valence-electron chi connectivity index (χ4n) is 2.08. The number of anilines is 2. The number of nitrogens with one attached hydrogen (secondary N) is 2. The zero-order chi connectivity index (χ0) is 14.7. The van der Waals surface area contributed by atoms with Crippen LogP contribution in [0.4, 0.5) is 11.4 Å². The average molecular weight is 289 g/mol. The Labute approximate surface area is 123 Å². The Kier molecular flexibility index (Phi) is 4.39. The number of thiazole rings is 1. The van der Waals surface area contributed by atoms with Crippen LogP contribution in [0.5, 0.6) is 0 Å². The zero-order valence-electron chi connectivity index (χ0n) is 12.2. The maximum atomic E-state index is 11.2. The van der Waals surface area contributed by atoms with Crippen LogP contribution in [0, 0.1) is 13.8 Å². The Balaban J connectivity index is 2.17. The Morgan fingerprint density at radius 3 is 2.70 bits per heavy atom. The minimum atomic E-state index is -0.0587.